The number of hydrogen-bond acceptors (Lipinski definition) is 5. The third-order valence-corrected chi connectivity index (χ3v) is 8.45. The average Bonchev–Trinajstić information content (AvgIpc) is 3.30. The molecule has 3 heterocycles. The highest BCUT2D eigenvalue weighted by atomic mass is 32.2. The summed E-state index contributed by atoms with van der Waals surface area (Å²) in [5, 5.41) is 0. The van der Waals surface area contributed by atoms with Gasteiger partial charge in [0.15, 0.2) is 0 Å². The molecular formula is C17H18F3N3O2S2. The first kappa shape index (κ1) is 18.9. The number of halogens is 3. The van der Waals surface area contributed by atoms with Crippen molar-refractivity contribution in [1.82, 2.24) is 15.2 Å². The third-order valence-electron chi connectivity index (χ3n) is 4.93. The number of sulfonamides is 1. The Kier molecular flexibility index (Phi) is 4.79. The minimum absolute atomic E-state index is 0.161. The van der Waals surface area contributed by atoms with Gasteiger partial charge in [0.2, 0.25) is 0 Å². The van der Waals surface area contributed by atoms with E-state index in [1.807, 2.05) is 24.3 Å². The number of alkyl halides is 3. The summed E-state index contributed by atoms with van der Waals surface area (Å²) >= 11 is 1.03. The van der Waals surface area contributed by atoms with Crippen molar-refractivity contribution >= 4 is 21.4 Å². The lowest BCUT2D eigenvalue weighted by Gasteiger charge is -2.27. The number of fused-ring (bicyclic) bond motifs is 1. The maximum Gasteiger partial charge on any atom is 0.405 e. The number of rotatable bonds is 3. The fraction of sp³-hybridized carbons (Fsp3) is 0.412. The van der Waals surface area contributed by atoms with Crippen LogP contribution in [0.3, 0.4) is 0 Å². The molecule has 2 N–H and O–H groups in total. The highest BCUT2D eigenvalue weighted by Crippen LogP contribution is 2.36. The molecule has 2 aliphatic heterocycles. The molecule has 5 nitrogen and oxygen atoms in total. The van der Waals surface area contributed by atoms with Gasteiger partial charge in [-0.25, -0.2) is 19.3 Å². The number of nitrogens with one attached hydrogen (secondary N) is 2. The van der Waals surface area contributed by atoms with Crippen LogP contribution in [0.2, 0.25) is 0 Å². The highest BCUT2D eigenvalue weighted by molar-refractivity contribution is 7.91. The van der Waals surface area contributed by atoms with Gasteiger partial charge in [-0.05, 0) is 36.1 Å². The van der Waals surface area contributed by atoms with Crippen molar-refractivity contribution in [1.29, 1.82) is 0 Å². The van der Waals surface area contributed by atoms with E-state index in [1.54, 1.807) is 6.07 Å². The first-order valence-electron chi connectivity index (χ1n) is 8.49. The lowest BCUT2D eigenvalue weighted by molar-refractivity contribution is -0.153. The smallest absolute Gasteiger partial charge is 0.249 e. The van der Waals surface area contributed by atoms with Crippen molar-refractivity contribution in [3.05, 3.63) is 52.4 Å². The van der Waals surface area contributed by atoms with Crippen LogP contribution in [0.1, 0.15) is 28.5 Å². The summed E-state index contributed by atoms with van der Waals surface area (Å²) in [6.07, 6.45) is -3.86. The van der Waals surface area contributed by atoms with Gasteiger partial charge in [-0.15, -0.1) is 11.3 Å². The largest absolute Gasteiger partial charge is 0.405 e. The molecule has 2 atom stereocenters. The lowest BCUT2D eigenvalue weighted by atomic mass is 10.0. The lowest BCUT2D eigenvalue weighted by Crippen LogP contribution is -2.40. The molecule has 0 bridgehead atoms. The van der Waals surface area contributed by atoms with Crippen LogP contribution in [0.25, 0.3) is 0 Å². The van der Waals surface area contributed by atoms with Crippen LogP contribution in [0.5, 0.6) is 0 Å². The van der Waals surface area contributed by atoms with E-state index < -0.39 is 28.3 Å². The summed E-state index contributed by atoms with van der Waals surface area (Å²) in [6, 6.07) is 8.61. The summed E-state index contributed by atoms with van der Waals surface area (Å²) in [4.78, 5) is 0.574. The van der Waals surface area contributed by atoms with Crippen molar-refractivity contribution in [2.45, 2.75) is 41.9 Å². The third kappa shape index (κ3) is 3.64. The summed E-state index contributed by atoms with van der Waals surface area (Å²) < 4.78 is 66.0. The maximum atomic E-state index is 13.0. The van der Waals surface area contributed by atoms with Crippen LogP contribution < -0.4 is 10.9 Å². The predicted molar refractivity (Wildman–Crippen MR) is 95.5 cm³/mol. The fourth-order valence-electron chi connectivity index (χ4n) is 3.42. The molecule has 0 radical (unpaired) electrons. The predicted octanol–water partition coefficient (Wildman–Crippen LogP) is 2.97. The molecule has 27 heavy (non-hydrogen) atoms. The molecule has 10 heteroatoms. The van der Waals surface area contributed by atoms with Gasteiger partial charge in [0.05, 0.1) is 6.04 Å². The molecule has 1 saturated heterocycles. The Morgan fingerprint density at radius 1 is 1.07 bits per heavy atom. The average molecular weight is 417 g/mol. The van der Waals surface area contributed by atoms with Crippen molar-refractivity contribution < 1.29 is 21.6 Å². The molecule has 2 aliphatic rings. The SMILES string of the molecule is O=S(=O)(c1ccc(C2CC(C(F)(F)F)NN2)s1)N1CCc2ccccc2C1. The van der Waals surface area contributed by atoms with Crippen LogP contribution in [-0.2, 0) is 23.0 Å². The molecule has 1 fully saturated rings. The topological polar surface area (TPSA) is 61.4 Å². The minimum atomic E-state index is -4.34. The Balaban J connectivity index is 1.51. The molecule has 0 saturated carbocycles. The molecule has 0 aliphatic carbocycles. The zero-order valence-electron chi connectivity index (χ0n) is 14.2. The molecule has 0 spiro atoms. The van der Waals surface area contributed by atoms with Crippen LogP contribution in [0.15, 0.2) is 40.6 Å². The first-order valence-corrected chi connectivity index (χ1v) is 10.8. The van der Waals surface area contributed by atoms with Gasteiger partial charge in [-0.1, -0.05) is 24.3 Å². The van der Waals surface area contributed by atoms with Gasteiger partial charge in [0, 0.05) is 18.0 Å². The quantitative estimate of drug-likeness (QED) is 0.806. The summed E-state index contributed by atoms with van der Waals surface area (Å²) in [6.45, 7) is 0.705. The van der Waals surface area contributed by atoms with Crippen molar-refractivity contribution in [2.24, 2.45) is 0 Å². The Morgan fingerprint density at radius 3 is 2.52 bits per heavy atom. The molecule has 4 rings (SSSR count). The number of nitrogens with zero attached hydrogens (tertiary/aromatic N) is 1. The van der Waals surface area contributed by atoms with E-state index in [0.29, 0.717) is 24.4 Å². The van der Waals surface area contributed by atoms with E-state index in [9.17, 15) is 21.6 Å². The van der Waals surface area contributed by atoms with Gasteiger partial charge in [-0.3, -0.25) is 0 Å². The molecule has 146 valence electrons. The van der Waals surface area contributed by atoms with Gasteiger partial charge in [0.25, 0.3) is 10.0 Å². The Hall–Kier alpha value is -1.46. The molecule has 2 unspecified atom stereocenters. The molecule has 1 aromatic heterocycles. The Bertz CT molecular complexity index is 943. The van der Waals surface area contributed by atoms with E-state index in [2.05, 4.69) is 10.9 Å². The Labute approximate surface area is 159 Å². The maximum absolute atomic E-state index is 13.0. The number of hydrazine groups is 1. The Morgan fingerprint density at radius 2 is 1.81 bits per heavy atom. The van der Waals surface area contributed by atoms with E-state index in [1.165, 1.54) is 10.4 Å². The van der Waals surface area contributed by atoms with Crippen LogP contribution >= 0.6 is 11.3 Å². The normalized spacial score (nSPS) is 24.1. The number of hydrogen-bond donors (Lipinski definition) is 2. The van der Waals surface area contributed by atoms with Gasteiger partial charge in [0.1, 0.15) is 10.3 Å². The minimum Gasteiger partial charge on any atom is -0.249 e. The second-order valence-corrected chi connectivity index (χ2v) is 9.97. The van der Waals surface area contributed by atoms with Gasteiger partial charge < -0.3 is 0 Å². The van der Waals surface area contributed by atoms with Crippen molar-refractivity contribution in [3.8, 4) is 0 Å². The first-order chi connectivity index (χ1) is 12.7. The van der Waals surface area contributed by atoms with E-state index >= 15 is 0 Å². The van der Waals surface area contributed by atoms with E-state index in [0.717, 1.165) is 22.5 Å². The van der Waals surface area contributed by atoms with E-state index in [-0.39, 0.29) is 10.6 Å². The second-order valence-electron chi connectivity index (χ2n) is 6.69. The monoisotopic (exact) mass is 417 g/mol. The van der Waals surface area contributed by atoms with Gasteiger partial charge >= 0.3 is 6.18 Å². The van der Waals surface area contributed by atoms with Crippen LogP contribution in [0.4, 0.5) is 13.2 Å². The second kappa shape index (κ2) is 6.85. The fourth-order valence-corrected chi connectivity index (χ4v) is 6.38. The molecule has 0 amide bonds. The summed E-state index contributed by atoms with van der Waals surface area (Å²) in [5.41, 5.74) is 6.99. The van der Waals surface area contributed by atoms with Gasteiger partial charge in [-0.2, -0.15) is 17.5 Å². The summed E-state index contributed by atoms with van der Waals surface area (Å²) in [5.74, 6) is 0. The molecular weight excluding hydrogens is 399 g/mol. The van der Waals surface area contributed by atoms with Crippen LogP contribution in [0, 0.1) is 0 Å². The zero-order valence-corrected chi connectivity index (χ0v) is 15.8. The molecule has 2 aromatic rings. The van der Waals surface area contributed by atoms with Crippen molar-refractivity contribution in [3.63, 3.8) is 0 Å². The van der Waals surface area contributed by atoms with Crippen LogP contribution in [-0.4, -0.2) is 31.5 Å². The summed E-state index contributed by atoms with van der Waals surface area (Å²) in [7, 11) is -3.67. The van der Waals surface area contributed by atoms with Crippen molar-refractivity contribution in [2.75, 3.05) is 6.54 Å². The number of thiophene rings is 1. The molecule has 1 aromatic carbocycles. The zero-order chi connectivity index (χ0) is 19.2. The standard InChI is InChI=1S/C17H18F3N3O2S2/c18-17(19,20)15-9-13(21-22-15)14-5-6-16(26-14)27(24,25)23-8-7-11-3-1-2-4-12(11)10-23/h1-6,13,15,21-22H,7-10H2. The number of benzene rings is 1. The highest BCUT2D eigenvalue weighted by Gasteiger charge is 2.45. The van der Waals surface area contributed by atoms with E-state index in [4.69, 9.17) is 0 Å².